The largest absolute Gasteiger partial charge is 0.531 e. The lowest BCUT2D eigenvalue weighted by Gasteiger charge is -2.31. The molecule has 0 amide bonds. The Bertz CT molecular complexity index is 939. The van der Waals surface area contributed by atoms with Gasteiger partial charge in [-0.25, -0.2) is 4.57 Å². The zero-order valence-corrected chi connectivity index (χ0v) is 18.8. The molecule has 2 aromatic carbocycles. The topological polar surface area (TPSA) is 57.1 Å². The number of alkyl halides is 1. The minimum absolute atomic E-state index is 0.0408. The fourth-order valence-corrected chi connectivity index (χ4v) is 5.21. The van der Waals surface area contributed by atoms with Crippen LogP contribution in [0.5, 0.6) is 5.75 Å². The zero-order valence-electron chi connectivity index (χ0n) is 17.2. The van der Waals surface area contributed by atoms with Crippen molar-refractivity contribution in [2.24, 2.45) is 4.99 Å². The highest BCUT2D eigenvalue weighted by molar-refractivity contribution is 7.49. The molecule has 0 bridgehead atoms. The number of phosphoric ester groups is 1. The van der Waals surface area contributed by atoms with Crippen LogP contribution in [0.15, 0.2) is 35.3 Å². The maximum absolute atomic E-state index is 13.6. The van der Waals surface area contributed by atoms with E-state index in [-0.39, 0.29) is 5.92 Å². The van der Waals surface area contributed by atoms with Gasteiger partial charge in [0.25, 0.3) is 0 Å². The molecule has 1 aliphatic rings. The van der Waals surface area contributed by atoms with Gasteiger partial charge in [-0.05, 0) is 52.5 Å². The Labute approximate surface area is 171 Å². The van der Waals surface area contributed by atoms with Crippen LogP contribution in [0.4, 0.5) is 5.69 Å². The van der Waals surface area contributed by atoms with E-state index in [9.17, 15) is 4.57 Å². The number of rotatable bonds is 5. The molecule has 5 nitrogen and oxygen atoms in total. The Hall–Kier alpha value is -1.39. The summed E-state index contributed by atoms with van der Waals surface area (Å²) in [5, 5.41) is 1.79. The first-order valence-corrected chi connectivity index (χ1v) is 11.3. The average Bonchev–Trinajstić information content (AvgIpc) is 2.94. The lowest BCUT2D eigenvalue weighted by molar-refractivity contribution is 0.0226. The van der Waals surface area contributed by atoms with E-state index in [4.69, 9.17) is 25.2 Å². The molecule has 0 aromatic heterocycles. The quantitative estimate of drug-likeness (QED) is 0.384. The van der Waals surface area contributed by atoms with Crippen LogP contribution in [0.2, 0.25) is 0 Å². The van der Waals surface area contributed by atoms with Crippen LogP contribution in [0.25, 0.3) is 10.8 Å². The summed E-state index contributed by atoms with van der Waals surface area (Å²) in [6, 6.07) is 9.56. The molecule has 152 valence electrons. The maximum atomic E-state index is 13.6. The van der Waals surface area contributed by atoms with Crippen LogP contribution in [-0.4, -0.2) is 23.3 Å². The highest BCUT2D eigenvalue weighted by Gasteiger charge is 2.39. The van der Waals surface area contributed by atoms with Crippen LogP contribution in [0, 0.1) is 0 Å². The highest BCUT2D eigenvalue weighted by atomic mass is 35.5. The molecule has 1 aliphatic heterocycles. The minimum Gasteiger partial charge on any atom is -0.403 e. The third-order valence-corrected chi connectivity index (χ3v) is 6.23. The van der Waals surface area contributed by atoms with Crippen molar-refractivity contribution >= 4 is 42.1 Å². The van der Waals surface area contributed by atoms with Crippen molar-refractivity contribution in [3.8, 4) is 5.75 Å². The summed E-state index contributed by atoms with van der Waals surface area (Å²) in [5.41, 5.74) is 0.392. The molecule has 3 rings (SSSR count). The first-order chi connectivity index (χ1) is 12.9. The third-order valence-electron chi connectivity index (χ3n) is 3.94. The normalized spacial score (nSPS) is 17.2. The van der Waals surface area contributed by atoms with Gasteiger partial charge in [-0.2, -0.15) is 0 Å². The molecule has 0 saturated carbocycles. The predicted octanol–water partition coefficient (Wildman–Crippen LogP) is 7.00. The molecule has 7 heteroatoms. The zero-order chi connectivity index (χ0) is 20.7. The number of halogens is 1. The monoisotopic (exact) mass is 423 g/mol. The molecule has 28 heavy (non-hydrogen) atoms. The van der Waals surface area contributed by atoms with Gasteiger partial charge in [-0.3, -0.25) is 14.0 Å². The van der Waals surface area contributed by atoms with Gasteiger partial charge in [-0.1, -0.05) is 24.3 Å². The standard InChI is InChI=1S/C21H27ClNO4P/c1-20(2,3)26-28(24,27-21(4,5)6)25-18-11-17-19(14(12-22)13-23-17)16-10-8-7-9-15(16)18/h7-11,13-14H,12H2,1-6H3/t14-/m1/s1. The SMILES string of the molecule is CC(C)(C)OP(=O)(Oc1cc2c(c3ccccc13)[C@H](CCl)C=N2)OC(C)(C)C. The van der Waals surface area contributed by atoms with E-state index in [0.29, 0.717) is 11.6 Å². The Morgan fingerprint density at radius 1 is 1.04 bits per heavy atom. The Balaban J connectivity index is 2.11. The Morgan fingerprint density at radius 3 is 2.14 bits per heavy atom. The van der Waals surface area contributed by atoms with Crippen LogP contribution in [0.3, 0.4) is 0 Å². The van der Waals surface area contributed by atoms with Crippen LogP contribution < -0.4 is 4.52 Å². The molecule has 0 spiro atoms. The van der Waals surface area contributed by atoms with Crippen molar-refractivity contribution < 1.29 is 18.1 Å². The van der Waals surface area contributed by atoms with Gasteiger partial charge in [0.05, 0.1) is 16.9 Å². The van der Waals surface area contributed by atoms with Gasteiger partial charge in [-0.15, -0.1) is 11.6 Å². The number of phosphoric acid groups is 1. The first-order valence-electron chi connectivity index (χ1n) is 9.28. The highest BCUT2D eigenvalue weighted by Crippen LogP contribution is 2.57. The molecular formula is C21H27ClNO4P. The summed E-state index contributed by atoms with van der Waals surface area (Å²) < 4.78 is 31.1. The molecule has 0 aliphatic carbocycles. The van der Waals surface area contributed by atoms with E-state index in [1.807, 2.05) is 72.0 Å². The maximum Gasteiger partial charge on any atom is 0.531 e. The molecule has 0 unspecified atom stereocenters. The summed E-state index contributed by atoms with van der Waals surface area (Å²) >= 11 is 6.12. The summed E-state index contributed by atoms with van der Waals surface area (Å²) in [6.45, 7) is 10.9. The molecule has 0 saturated heterocycles. The summed E-state index contributed by atoms with van der Waals surface area (Å²) in [5.74, 6) is 0.900. The molecule has 0 N–H and O–H groups in total. The summed E-state index contributed by atoms with van der Waals surface area (Å²) in [6.07, 6.45) is 1.84. The van der Waals surface area contributed by atoms with Crippen molar-refractivity contribution in [3.05, 3.63) is 35.9 Å². The minimum atomic E-state index is -3.91. The summed E-state index contributed by atoms with van der Waals surface area (Å²) in [4.78, 5) is 4.48. The Kier molecular flexibility index (Phi) is 5.68. The Morgan fingerprint density at radius 2 is 1.61 bits per heavy atom. The fourth-order valence-electron chi connectivity index (χ4n) is 3.13. The van der Waals surface area contributed by atoms with Crippen molar-refractivity contribution in [1.82, 2.24) is 0 Å². The lowest BCUT2D eigenvalue weighted by Crippen LogP contribution is -2.25. The number of aliphatic imine (C=N–C) groups is 1. The van der Waals surface area contributed by atoms with E-state index in [0.717, 1.165) is 22.0 Å². The van der Waals surface area contributed by atoms with Crippen LogP contribution in [-0.2, 0) is 13.6 Å². The number of nitrogens with zero attached hydrogens (tertiary/aromatic N) is 1. The molecule has 0 radical (unpaired) electrons. The van der Waals surface area contributed by atoms with Gasteiger partial charge < -0.3 is 4.52 Å². The van der Waals surface area contributed by atoms with Crippen molar-refractivity contribution in [2.75, 3.05) is 5.88 Å². The average molecular weight is 424 g/mol. The first kappa shape index (κ1) is 21.3. The van der Waals surface area contributed by atoms with Gasteiger partial charge in [0, 0.05) is 29.5 Å². The third kappa shape index (κ3) is 4.77. The van der Waals surface area contributed by atoms with Gasteiger partial charge >= 0.3 is 7.82 Å². The van der Waals surface area contributed by atoms with E-state index < -0.39 is 19.0 Å². The van der Waals surface area contributed by atoms with Crippen LogP contribution >= 0.6 is 19.4 Å². The van der Waals surface area contributed by atoms with E-state index in [2.05, 4.69) is 4.99 Å². The molecule has 0 fully saturated rings. The predicted molar refractivity (Wildman–Crippen MR) is 115 cm³/mol. The molecule has 1 atom stereocenters. The van der Waals surface area contributed by atoms with E-state index in [1.165, 1.54) is 0 Å². The number of benzene rings is 2. The molecule has 1 heterocycles. The van der Waals surface area contributed by atoms with Crippen LogP contribution in [0.1, 0.15) is 53.0 Å². The second-order valence-corrected chi connectivity index (χ2v) is 10.6. The number of fused-ring (bicyclic) bond motifs is 3. The van der Waals surface area contributed by atoms with Gasteiger partial charge in [0.2, 0.25) is 0 Å². The smallest absolute Gasteiger partial charge is 0.403 e. The summed E-state index contributed by atoms with van der Waals surface area (Å²) in [7, 11) is -3.91. The van der Waals surface area contributed by atoms with E-state index >= 15 is 0 Å². The van der Waals surface area contributed by atoms with Gasteiger partial charge in [0.15, 0.2) is 0 Å². The van der Waals surface area contributed by atoms with Gasteiger partial charge in [0.1, 0.15) is 5.75 Å². The number of hydrogen-bond donors (Lipinski definition) is 0. The fraction of sp³-hybridized carbons (Fsp3) is 0.476. The number of hydrogen-bond acceptors (Lipinski definition) is 5. The van der Waals surface area contributed by atoms with Crippen molar-refractivity contribution in [3.63, 3.8) is 0 Å². The lowest BCUT2D eigenvalue weighted by atomic mass is 9.95. The molecular weight excluding hydrogens is 397 g/mol. The second-order valence-electron chi connectivity index (χ2n) is 8.84. The van der Waals surface area contributed by atoms with Crippen molar-refractivity contribution in [1.29, 1.82) is 0 Å². The van der Waals surface area contributed by atoms with Crippen molar-refractivity contribution in [2.45, 2.75) is 58.7 Å². The van der Waals surface area contributed by atoms with E-state index in [1.54, 1.807) is 6.07 Å². The molecule has 2 aromatic rings. The second kappa shape index (κ2) is 7.46.